The fourth-order valence-electron chi connectivity index (χ4n) is 4.35. The van der Waals surface area contributed by atoms with E-state index >= 15 is 0 Å². The maximum Gasteiger partial charge on any atom is 0.219 e. The second kappa shape index (κ2) is 6.39. The van der Waals surface area contributed by atoms with Gasteiger partial charge in [0.1, 0.15) is 6.10 Å². The number of carbonyl (C=O) groups is 1. The van der Waals surface area contributed by atoms with E-state index in [4.69, 9.17) is 4.74 Å². The molecule has 4 nitrogen and oxygen atoms in total. The maximum absolute atomic E-state index is 12.0. The van der Waals surface area contributed by atoms with E-state index in [0.29, 0.717) is 6.10 Å². The van der Waals surface area contributed by atoms with E-state index in [1.165, 1.54) is 32.1 Å². The summed E-state index contributed by atoms with van der Waals surface area (Å²) in [6.45, 7) is 5.66. The van der Waals surface area contributed by atoms with Gasteiger partial charge in [-0.2, -0.15) is 0 Å². The van der Waals surface area contributed by atoms with Crippen LogP contribution in [0.2, 0.25) is 0 Å². The fourth-order valence-corrected chi connectivity index (χ4v) is 4.35. The average molecular weight is 292 g/mol. The molecule has 0 bridgehead atoms. The van der Waals surface area contributed by atoms with Crippen molar-refractivity contribution in [3.05, 3.63) is 12.3 Å². The minimum atomic E-state index is 0.104. The summed E-state index contributed by atoms with van der Waals surface area (Å²) in [5.41, 5.74) is 0.104. The van der Waals surface area contributed by atoms with Crippen LogP contribution >= 0.6 is 0 Å². The fraction of sp³-hybridized carbons (Fsp3) is 0.824. The highest BCUT2D eigenvalue weighted by molar-refractivity contribution is 5.74. The number of hydrogen-bond donors (Lipinski definition) is 0. The van der Waals surface area contributed by atoms with Crippen LogP contribution in [0.4, 0.5) is 0 Å². The van der Waals surface area contributed by atoms with Crippen molar-refractivity contribution in [2.24, 2.45) is 0 Å². The molecule has 2 fully saturated rings. The molecule has 0 unspecified atom stereocenters. The molecule has 1 atom stereocenters. The number of nitrogens with zero attached hydrogens (tertiary/aromatic N) is 2. The van der Waals surface area contributed by atoms with Gasteiger partial charge in [0, 0.05) is 33.1 Å². The van der Waals surface area contributed by atoms with Crippen LogP contribution in [0.3, 0.4) is 0 Å². The summed E-state index contributed by atoms with van der Waals surface area (Å²) in [5.74, 6) is 0.258. The van der Waals surface area contributed by atoms with Crippen LogP contribution in [0.5, 0.6) is 0 Å². The minimum Gasteiger partial charge on any atom is -0.497 e. The molecule has 0 aromatic rings. The molecule has 1 saturated heterocycles. The Bertz CT molecular complexity index is 402. The number of piperazine rings is 1. The van der Waals surface area contributed by atoms with E-state index in [1.54, 1.807) is 6.92 Å². The maximum atomic E-state index is 12.0. The first-order valence-corrected chi connectivity index (χ1v) is 8.51. The number of hydrogen-bond acceptors (Lipinski definition) is 3. The molecule has 0 aromatic heterocycles. The van der Waals surface area contributed by atoms with Gasteiger partial charge in [0.25, 0.3) is 0 Å². The zero-order valence-corrected chi connectivity index (χ0v) is 13.2. The molecule has 1 spiro atoms. The zero-order valence-electron chi connectivity index (χ0n) is 13.2. The van der Waals surface area contributed by atoms with Crippen molar-refractivity contribution in [3.8, 4) is 0 Å². The topological polar surface area (TPSA) is 32.8 Å². The molecule has 118 valence electrons. The third-order valence-corrected chi connectivity index (χ3v) is 5.38. The van der Waals surface area contributed by atoms with Gasteiger partial charge >= 0.3 is 0 Å². The van der Waals surface area contributed by atoms with E-state index in [9.17, 15) is 4.79 Å². The Balaban J connectivity index is 1.66. The Kier molecular flexibility index (Phi) is 4.53. The van der Waals surface area contributed by atoms with Gasteiger partial charge in [0.15, 0.2) is 0 Å². The monoisotopic (exact) mass is 292 g/mol. The average Bonchev–Trinajstić information content (AvgIpc) is 2.49. The van der Waals surface area contributed by atoms with Gasteiger partial charge in [-0.15, -0.1) is 0 Å². The molecule has 1 amide bonds. The highest BCUT2D eigenvalue weighted by Crippen LogP contribution is 2.36. The van der Waals surface area contributed by atoms with E-state index in [-0.39, 0.29) is 11.4 Å². The van der Waals surface area contributed by atoms with Crippen LogP contribution in [0.25, 0.3) is 0 Å². The Morgan fingerprint density at radius 3 is 2.76 bits per heavy atom. The predicted molar refractivity (Wildman–Crippen MR) is 82.9 cm³/mol. The van der Waals surface area contributed by atoms with Gasteiger partial charge in [-0.3, -0.25) is 9.69 Å². The van der Waals surface area contributed by atoms with E-state index in [1.807, 2.05) is 6.26 Å². The van der Waals surface area contributed by atoms with Crippen LogP contribution in [0.15, 0.2) is 12.3 Å². The Morgan fingerprint density at radius 1 is 1.29 bits per heavy atom. The van der Waals surface area contributed by atoms with Crippen LogP contribution in [0, 0.1) is 0 Å². The van der Waals surface area contributed by atoms with Crippen molar-refractivity contribution < 1.29 is 9.53 Å². The van der Waals surface area contributed by atoms with Crippen molar-refractivity contribution >= 4 is 5.91 Å². The minimum absolute atomic E-state index is 0.104. The first-order chi connectivity index (χ1) is 10.2. The molecule has 0 N–H and O–H groups in total. The van der Waals surface area contributed by atoms with Gasteiger partial charge in [-0.25, -0.2) is 0 Å². The van der Waals surface area contributed by atoms with Crippen molar-refractivity contribution in [2.45, 2.75) is 63.5 Å². The Morgan fingerprint density at radius 2 is 2.10 bits per heavy atom. The number of amides is 1. The van der Waals surface area contributed by atoms with Gasteiger partial charge < -0.3 is 9.64 Å². The van der Waals surface area contributed by atoms with Crippen LogP contribution in [-0.2, 0) is 9.53 Å². The van der Waals surface area contributed by atoms with Gasteiger partial charge in [0.2, 0.25) is 5.91 Å². The molecule has 2 aliphatic heterocycles. The molecule has 2 heterocycles. The predicted octanol–water partition coefficient (Wildman–Crippen LogP) is 2.55. The number of ether oxygens (including phenoxy) is 1. The summed E-state index contributed by atoms with van der Waals surface area (Å²) in [5, 5.41) is 0. The highest BCUT2D eigenvalue weighted by atomic mass is 16.5. The van der Waals surface area contributed by atoms with Gasteiger partial charge in [0.05, 0.1) is 11.8 Å². The number of rotatable bonds is 2. The first-order valence-electron chi connectivity index (χ1n) is 8.51. The zero-order chi connectivity index (χ0) is 14.7. The Labute approximate surface area is 128 Å². The van der Waals surface area contributed by atoms with Crippen LogP contribution < -0.4 is 0 Å². The summed E-state index contributed by atoms with van der Waals surface area (Å²) in [6.07, 6.45) is 12.7. The van der Waals surface area contributed by atoms with Crippen molar-refractivity contribution in [1.29, 1.82) is 0 Å². The third kappa shape index (κ3) is 3.25. The smallest absolute Gasteiger partial charge is 0.219 e. The quantitative estimate of drug-likeness (QED) is 0.784. The Hall–Kier alpha value is -1.03. The lowest BCUT2D eigenvalue weighted by Gasteiger charge is -2.53. The number of carbonyl (C=O) groups excluding carboxylic acids is 1. The molecule has 0 radical (unpaired) electrons. The summed E-state index contributed by atoms with van der Waals surface area (Å²) in [6, 6.07) is 0. The van der Waals surface area contributed by atoms with Crippen LogP contribution in [-0.4, -0.2) is 53.5 Å². The second-order valence-electron chi connectivity index (χ2n) is 6.90. The molecule has 21 heavy (non-hydrogen) atoms. The van der Waals surface area contributed by atoms with Crippen molar-refractivity contribution in [2.75, 3.05) is 26.2 Å². The summed E-state index contributed by atoms with van der Waals surface area (Å²) >= 11 is 0. The van der Waals surface area contributed by atoms with E-state index in [2.05, 4.69) is 15.9 Å². The highest BCUT2D eigenvalue weighted by Gasteiger charge is 2.43. The largest absolute Gasteiger partial charge is 0.497 e. The standard InChI is InChI=1S/C17H28N2O2/c1-15(20)19-11-10-18(13-16-7-3-6-12-21-16)14-17(19)8-4-2-5-9-17/h6,12,16H,2-5,7-11,13-14H2,1H3/t16-/m0/s1. The summed E-state index contributed by atoms with van der Waals surface area (Å²) < 4.78 is 5.73. The van der Waals surface area contributed by atoms with Crippen molar-refractivity contribution in [1.82, 2.24) is 9.80 Å². The molecule has 3 aliphatic rings. The molecule has 1 saturated carbocycles. The lowest BCUT2D eigenvalue weighted by molar-refractivity contribution is -0.142. The summed E-state index contributed by atoms with van der Waals surface area (Å²) in [4.78, 5) is 16.7. The van der Waals surface area contributed by atoms with Crippen LogP contribution in [0.1, 0.15) is 51.9 Å². The first kappa shape index (κ1) is 14.9. The van der Waals surface area contributed by atoms with E-state index < -0.39 is 0 Å². The molecule has 4 heteroatoms. The molecule has 3 rings (SSSR count). The molecular weight excluding hydrogens is 264 g/mol. The van der Waals surface area contributed by atoms with E-state index in [0.717, 1.165) is 39.0 Å². The second-order valence-corrected chi connectivity index (χ2v) is 6.90. The normalized spacial score (nSPS) is 29.4. The van der Waals surface area contributed by atoms with Gasteiger partial charge in [-0.1, -0.05) is 19.3 Å². The summed E-state index contributed by atoms with van der Waals surface area (Å²) in [7, 11) is 0. The lowest BCUT2D eigenvalue weighted by atomic mass is 9.78. The van der Waals surface area contributed by atoms with Crippen molar-refractivity contribution in [3.63, 3.8) is 0 Å². The molecular formula is C17H28N2O2. The third-order valence-electron chi connectivity index (χ3n) is 5.38. The molecule has 1 aliphatic carbocycles. The number of allylic oxidation sites excluding steroid dienone is 1. The lowest BCUT2D eigenvalue weighted by Crippen LogP contribution is -2.64. The SMILES string of the molecule is CC(=O)N1CCN(C[C@@H]2CCC=CO2)CC12CCCCC2. The molecule has 0 aromatic carbocycles. The van der Waals surface area contributed by atoms with Gasteiger partial charge in [-0.05, 0) is 31.8 Å².